The first-order valence-electron chi connectivity index (χ1n) is 8.67. The van der Waals surface area contributed by atoms with E-state index in [1.165, 1.54) is 4.90 Å². The van der Waals surface area contributed by atoms with Crippen LogP contribution in [-0.4, -0.2) is 83.5 Å². The maximum Gasteiger partial charge on any atom is 0.313 e. The van der Waals surface area contributed by atoms with Crippen molar-refractivity contribution in [1.82, 2.24) is 4.90 Å². The molecule has 0 unspecified atom stereocenters. The first-order chi connectivity index (χ1) is 12.7. The Morgan fingerprint density at radius 3 is 2.35 bits per heavy atom. The van der Waals surface area contributed by atoms with Gasteiger partial charge in [0, 0.05) is 40.4 Å². The van der Waals surface area contributed by atoms with Gasteiger partial charge in [0.05, 0.1) is 37.8 Å². The molecule has 0 aliphatic carbocycles. The lowest BCUT2D eigenvalue weighted by molar-refractivity contribution is -0.144. The molecule has 1 aliphatic heterocycles. The highest BCUT2D eigenvalue weighted by atomic mass is 16.5. The molecule has 0 radical (unpaired) electrons. The second-order valence-electron chi connectivity index (χ2n) is 5.85. The van der Waals surface area contributed by atoms with E-state index in [1.54, 1.807) is 20.3 Å². The van der Waals surface area contributed by atoms with E-state index >= 15 is 0 Å². The lowest BCUT2D eigenvalue weighted by atomic mass is 10.2. The largest absolute Gasteiger partial charge is 0.383 e. The molecular weight excluding hydrogens is 338 g/mol. The Kier molecular flexibility index (Phi) is 8.33. The van der Waals surface area contributed by atoms with Gasteiger partial charge in [0.25, 0.3) is 0 Å². The van der Waals surface area contributed by atoms with Crippen LogP contribution in [0.2, 0.25) is 0 Å². The van der Waals surface area contributed by atoms with Gasteiger partial charge in [-0.05, 0) is 12.1 Å². The molecule has 2 amide bonds. The van der Waals surface area contributed by atoms with E-state index in [4.69, 9.17) is 14.2 Å². The quantitative estimate of drug-likeness (QED) is 0.679. The molecule has 1 N–H and O–H groups in total. The zero-order valence-electron chi connectivity index (χ0n) is 15.4. The smallest absolute Gasteiger partial charge is 0.313 e. The number of benzene rings is 1. The van der Waals surface area contributed by atoms with Crippen LogP contribution in [0.4, 0.5) is 11.4 Å². The third kappa shape index (κ3) is 5.69. The maximum absolute atomic E-state index is 12.5. The molecule has 1 fully saturated rings. The van der Waals surface area contributed by atoms with Crippen molar-refractivity contribution in [3.63, 3.8) is 0 Å². The van der Waals surface area contributed by atoms with Crippen LogP contribution < -0.4 is 10.2 Å². The maximum atomic E-state index is 12.5. The summed E-state index contributed by atoms with van der Waals surface area (Å²) in [4.78, 5) is 28.6. The summed E-state index contributed by atoms with van der Waals surface area (Å²) >= 11 is 0. The van der Waals surface area contributed by atoms with Crippen molar-refractivity contribution in [3.05, 3.63) is 24.3 Å². The summed E-state index contributed by atoms with van der Waals surface area (Å²) in [5, 5.41) is 2.75. The van der Waals surface area contributed by atoms with Crippen molar-refractivity contribution in [1.29, 1.82) is 0 Å². The Balaban J connectivity index is 2.06. The van der Waals surface area contributed by atoms with E-state index in [-0.39, 0.29) is 0 Å². The number of nitrogens with one attached hydrogen (secondary N) is 1. The highest BCUT2D eigenvalue weighted by molar-refractivity contribution is 6.39. The summed E-state index contributed by atoms with van der Waals surface area (Å²) in [5.41, 5.74) is 1.50. The molecule has 1 saturated heterocycles. The van der Waals surface area contributed by atoms with Gasteiger partial charge in [0.15, 0.2) is 0 Å². The molecule has 0 bridgehead atoms. The monoisotopic (exact) mass is 365 g/mol. The van der Waals surface area contributed by atoms with E-state index < -0.39 is 11.8 Å². The highest BCUT2D eigenvalue weighted by Crippen LogP contribution is 2.26. The zero-order valence-corrected chi connectivity index (χ0v) is 15.4. The third-order valence-corrected chi connectivity index (χ3v) is 4.12. The van der Waals surface area contributed by atoms with Crippen molar-refractivity contribution < 1.29 is 23.8 Å². The number of rotatable bonds is 8. The fraction of sp³-hybridized carbons (Fsp3) is 0.556. The van der Waals surface area contributed by atoms with Crippen molar-refractivity contribution in [2.75, 3.05) is 77.0 Å². The van der Waals surface area contributed by atoms with Crippen LogP contribution in [0.3, 0.4) is 0 Å². The zero-order chi connectivity index (χ0) is 18.8. The summed E-state index contributed by atoms with van der Waals surface area (Å²) in [6.07, 6.45) is 0. The molecular formula is C18H27N3O5. The molecule has 26 heavy (non-hydrogen) atoms. The van der Waals surface area contributed by atoms with Crippen LogP contribution in [0.15, 0.2) is 24.3 Å². The third-order valence-electron chi connectivity index (χ3n) is 4.12. The molecule has 1 aromatic rings. The van der Waals surface area contributed by atoms with Crippen LogP contribution in [-0.2, 0) is 23.8 Å². The molecule has 0 spiro atoms. The van der Waals surface area contributed by atoms with E-state index in [9.17, 15) is 9.59 Å². The molecule has 8 nitrogen and oxygen atoms in total. The Bertz CT molecular complexity index is 582. The standard InChI is InChI=1S/C18H27N3O5/c1-24-11-7-21(8-12-25-2)18(23)17(22)19-15-5-3-4-6-16(15)20-9-13-26-14-10-20/h3-6H,7-14H2,1-2H3,(H,19,22). The van der Waals surface area contributed by atoms with Gasteiger partial charge in [-0.15, -0.1) is 0 Å². The van der Waals surface area contributed by atoms with Gasteiger partial charge in [-0.1, -0.05) is 12.1 Å². The van der Waals surface area contributed by atoms with Crippen molar-refractivity contribution in [2.24, 2.45) is 0 Å². The van der Waals surface area contributed by atoms with E-state index in [2.05, 4.69) is 10.2 Å². The highest BCUT2D eigenvalue weighted by Gasteiger charge is 2.23. The summed E-state index contributed by atoms with van der Waals surface area (Å²) in [5.74, 6) is -1.27. The van der Waals surface area contributed by atoms with E-state index in [0.29, 0.717) is 45.2 Å². The second kappa shape index (κ2) is 10.7. The minimum Gasteiger partial charge on any atom is -0.383 e. The molecule has 1 heterocycles. The second-order valence-corrected chi connectivity index (χ2v) is 5.85. The van der Waals surface area contributed by atoms with Crippen molar-refractivity contribution in [3.8, 4) is 0 Å². The normalized spacial score (nSPS) is 14.2. The van der Waals surface area contributed by atoms with E-state index in [0.717, 1.165) is 18.8 Å². The number of hydrogen-bond donors (Lipinski definition) is 1. The Labute approximate surface area is 154 Å². The summed E-state index contributed by atoms with van der Waals surface area (Å²) in [7, 11) is 3.11. The van der Waals surface area contributed by atoms with Gasteiger partial charge in [-0.3, -0.25) is 9.59 Å². The van der Waals surface area contributed by atoms with Crippen LogP contribution in [0, 0.1) is 0 Å². The fourth-order valence-electron chi connectivity index (χ4n) is 2.70. The molecule has 144 valence electrons. The predicted octanol–water partition coefficient (Wildman–Crippen LogP) is 0.583. The molecule has 1 aliphatic rings. The van der Waals surface area contributed by atoms with E-state index in [1.807, 2.05) is 18.2 Å². The van der Waals surface area contributed by atoms with Crippen molar-refractivity contribution >= 4 is 23.2 Å². The number of carbonyl (C=O) groups excluding carboxylic acids is 2. The Morgan fingerprint density at radius 1 is 1.12 bits per heavy atom. The van der Waals surface area contributed by atoms with Gasteiger partial charge in [0.2, 0.25) is 0 Å². The lowest BCUT2D eigenvalue weighted by Gasteiger charge is -2.30. The topological polar surface area (TPSA) is 80.3 Å². The van der Waals surface area contributed by atoms with Gasteiger partial charge < -0.3 is 29.3 Å². The minimum atomic E-state index is -0.669. The first kappa shape index (κ1) is 20.2. The first-order valence-corrected chi connectivity index (χ1v) is 8.67. The number of hydrogen-bond acceptors (Lipinski definition) is 6. The number of amides is 2. The number of ether oxygens (including phenoxy) is 3. The molecule has 0 atom stereocenters. The average Bonchev–Trinajstić information content (AvgIpc) is 2.68. The number of para-hydroxylation sites is 2. The van der Waals surface area contributed by atoms with Crippen LogP contribution in [0.5, 0.6) is 0 Å². The van der Waals surface area contributed by atoms with Gasteiger partial charge in [0.1, 0.15) is 0 Å². The molecule has 8 heteroatoms. The van der Waals surface area contributed by atoms with Crippen molar-refractivity contribution in [2.45, 2.75) is 0 Å². The van der Waals surface area contributed by atoms with Crippen LogP contribution in [0.1, 0.15) is 0 Å². The number of anilines is 2. The fourth-order valence-corrected chi connectivity index (χ4v) is 2.70. The molecule has 0 saturated carbocycles. The summed E-state index contributed by atoms with van der Waals surface area (Å²) < 4.78 is 15.4. The minimum absolute atomic E-state index is 0.331. The Morgan fingerprint density at radius 2 is 1.73 bits per heavy atom. The van der Waals surface area contributed by atoms with Crippen LogP contribution >= 0.6 is 0 Å². The number of methoxy groups -OCH3 is 2. The number of morpholine rings is 1. The Hall–Kier alpha value is -2.16. The number of nitrogens with zero attached hydrogens (tertiary/aromatic N) is 2. The molecule has 2 rings (SSSR count). The summed E-state index contributed by atoms with van der Waals surface area (Å²) in [6, 6.07) is 7.47. The summed E-state index contributed by atoms with van der Waals surface area (Å²) in [6.45, 7) is 4.14. The lowest BCUT2D eigenvalue weighted by Crippen LogP contribution is -2.43. The van der Waals surface area contributed by atoms with Gasteiger partial charge in [-0.25, -0.2) is 0 Å². The predicted molar refractivity (Wildman–Crippen MR) is 98.4 cm³/mol. The molecule has 0 aromatic heterocycles. The number of carbonyl (C=O) groups is 2. The molecule has 1 aromatic carbocycles. The average molecular weight is 365 g/mol. The van der Waals surface area contributed by atoms with Crippen LogP contribution in [0.25, 0.3) is 0 Å². The SMILES string of the molecule is COCCN(CCOC)C(=O)C(=O)Nc1ccccc1N1CCOCC1. The van der Waals surface area contributed by atoms with Gasteiger partial charge in [-0.2, -0.15) is 0 Å². The van der Waals surface area contributed by atoms with Gasteiger partial charge >= 0.3 is 11.8 Å².